The molecule has 0 aliphatic carbocycles. The second-order valence-electron chi connectivity index (χ2n) is 8.37. The van der Waals surface area contributed by atoms with E-state index in [0.29, 0.717) is 13.1 Å². The van der Waals surface area contributed by atoms with Gasteiger partial charge in [-0.05, 0) is 42.2 Å². The molecule has 1 N–H and O–H groups in total. The van der Waals surface area contributed by atoms with Crippen LogP contribution in [0, 0.1) is 17.6 Å². The first-order chi connectivity index (χ1) is 15.5. The monoisotopic (exact) mass is 435 g/mol. The van der Waals surface area contributed by atoms with E-state index in [-0.39, 0.29) is 17.5 Å². The number of anilines is 1. The summed E-state index contributed by atoms with van der Waals surface area (Å²) >= 11 is 0. The van der Waals surface area contributed by atoms with Crippen LogP contribution in [0.3, 0.4) is 0 Å². The Kier molecular flexibility index (Phi) is 5.20. The van der Waals surface area contributed by atoms with Crippen LogP contribution in [-0.4, -0.2) is 59.9 Å². The number of nitrogens with one attached hydrogen (secondary N) is 1. The number of carbonyl (C=O) groups excluding carboxylic acids is 1. The summed E-state index contributed by atoms with van der Waals surface area (Å²) in [6, 6.07) is 9.90. The van der Waals surface area contributed by atoms with Gasteiger partial charge in [-0.25, -0.2) is 8.78 Å². The minimum absolute atomic E-state index is 0.0520. The fourth-order valence-corrected chi connectivity index (χ4v) is 4.90. The van der Waals surface area contributed by atoms with Gasteiger partial charge < -0.3 is 9.80 Å². The second-order valence-corrected chi connectivity index (χ2v) is 8.37. The summed E-state index contributed by atoms with van der Waals surface area (Å²) in [5, 5.41) is 6.85. The van der Waals surface area contributed by atoms with E-state index in [2.05, 4.69) is 38.3 Å². The Hall–Kier alpha value is -3.55. The molecule has 5 rings (SSSR count). The SMILES string of the molecule is C/N=C\c1cc(-c2cn[nH]c2)ccc1N1C[C@@H]2C[C@@H](C1)N(C(=O)c1cccc(F)c1F)C2. The highest BCUT2D eigenvalue weighted by molar-refractivity contribution is 5.95. The average Bonchev–Trinajstić information content (AvgIpc) is 3.43. The van der Waals surface area contributed by atoms with Crippen LogP contribution in [0.15, 0.2) is 53.8 Å². The van der Waals surface area contributed by atoms with Gasteiger partial charge in [-0.15, -0.1) is 0 Å². The molecule has 2 aromatic carbocycles. The molecule has 2 atom stereocenters. The van der Waals surface area contributed by atoms with E-state index >= 15 is 0 Å². The standard InChI is InChI=1S/C24H23F2N5O/c1-27-9-17-8-16(18-10-28-29-11-18)5-6-22(17)30-12-15-7-19(14-30)31(13-15)24(32)20-3-2-4-21(25)23(20)26/h2-6,8-11,15,19H,7,12-14H2,1H3,(H,28,29)/b27-9-/t15-,19-/m0/s1. The topological polar surface area (TPSA) is 64.6 Å². The van der Waals surface area contributed by atoms with Gasteiger partial charge in [0.15, 0.2) is 11.6 Å². The van der Waals surface area contributed by atoms with Crippen molar-refractivity contribution in [3.05, 3.63) is 71.6 Å². The summed E-state index contributed by atoms with van der Waals surface area (Å²) < 4.78 is 27.9. The Balaban J connectivity index is 1.41. The van der Waals surface area contributed by atoms with Gasteiger partial charge >= 0.3 is 0 Å². The number of H-pyrrole nitrogens is 1. The van der Waals surface area contributed by atoms with Crippen molar-refractivity contribution in [3.63, 3.8) is 0 Å². The van der Waals surface area contributed by atoms with Crippen LogP contribution in [0.25, 0.3) is 11.1 Å². The molecule has 0 saturated carbocycles. The van der Waals surface area contributed by atoms with Crippen molar-refractivity contribution in [2.75, 3.05) is 31.6 Å². The van der Waals surface area contributed by atoms with Gasteiger partial charge in [-0.2, -0.15) is 5.10 Å². The molecule has 164 valence electrons. The highest BCUT2D eigenvalue weighted by atomic mass is 19.2. The molecule has 3 heterocycles. The maximum absolute atomic E-state index is 14.2. The van der Waals surface area contributed by atoms with E-state index in [4.69, 9.17) is 0 Å². The smallest absolute Gasteiger partial charge is 0.257 e. The number of carbonyl (C=O) groups is 1. The Labute approximate surface area is 184 Å². The quantitative estimate of drug-likeness (QED) is 0.635. The highest BCUT2D eigenvalue weighted by Crippen LogP contribution is 2.35. The first-order valence-corrected chi connectivity index (χ1v) is 10.6. The van der Waals surface area contributed by atoms with Gasteiger partial charge in [0.1, 0.15) is 0 Å². The summed E-state index contributed by atoms with van der Waals surface area (Å²) in [7, 11) is 1.74. The average molecular weight is 435 g/mol. The van der Waals surface area contributed by atoms with Crippen LogP contribution < -0.4 is 4.90 Å². The van der Waals surface area contributed by atoms with Gasteiger partial charge in [-0.1, -0.05) is 12.1 Å². The Bertz CT molecular complexity index is 1180. The zero-order chi connectivity index (χ0) is 22.2. The molecule has 1 aromatic heterocycles. The zero-order valence-electron chi connectivity index (χ0n) is 17.6. The van der Waals surface area contributed by atoms with E-state index in [1.165, 1.54) is 12.1 Å². The number of nitrogens with zero attached hydrogens (tertiary/aromatic N) is 4. The van der Waals surface area contributed by atoms with E-state index in [1.807, 2.05) is 12.4 Å². The van der Waals surface area contributed by atoms with Gasteiger partial charge in [0.25, 0.3) is 5.91 Å². The van der Waals surface area contributed by atoms with Crippen LogP contribution in [0.4, 0.5) is 14.5 Å². The number of rotatable bonds is 4. The lowest BCUT2D eigenvalue weighted by molar-refractivity contribution is 0.0736. The van der Waals surface area contributed by atoms with Crippen LogP contribution >= 0.6 is 0 Å². The molecule has 1 amide bonds. The lowest BCUT2D eigenvalue weighted by atomic mass is 9.97. The molecule has 2 saturated heterocycles. The number of piperidine rings is 1. The summed E-state index contributed by atoms with van der Waals surface area (Å²) in [5.74, 6) is -2.25. The van der Waals surface area contributed by atoms with Gasteiger partial charge in [0.2, 0.25) is 0 Å². The number of aliphatic imine (C=N–C) groups is 1. The van der Waals surface area contributed by atoms with Crippen molar-refractivity contribution < 1.29 is 13.6 Å². The van der Waals surface area contributed by atoms with Gasteiger partial charge in [0.05, 0.1) is 11.8 Å². The molecule has 32 heavy (non-hydrogen) atoms. The molecule has 2 aliphatic heterocycles. The molecule has 0 spiro atoms. The third-order valence-electron chi connectivity index (χ3n) is 6.32. The molecule has 2 fully saturated rings. The number of likely N-dealkylation sites (tertiary alicyclic amines) is 1. The van der Waals surface area contributed by atoms with Crippen molar-refractivity contribution in [2.45, 2.75) is 12.5 Å². The lowest BCUT2D eigenvalue weighted by Gasteiger charge is -2.35. The number of halogens is 2. The molecule has 2 aliphatic rings. The number of fused-ring (bicyclic) bond motifs is 2. The Morgan fingerprint density at radius 2 is 2.06 bits per heavy atom. The predicted octanol–water partition coefficient (Wildman–Crippen LogP) is 3.75. The largest absolute Gasteiger partial charge is 0.369 e. The van der Waals surface area contributed by atoms with Gasteiger partial charge in [-0.3, -0.25) is 14.9 Å². The molecule has 6 nitrogen and oxygen atoms in total. The number of aromatic amines is 1. The van der Waals surface area contributed by atoms with E-state index < -0.39 is 17.5 Å². The maximum atomic E-state index is 14.2. The third kappa shape index (κ3) is 3.55. The van der Waals surface area contributed by atoms with Gasteiger partial charge in [0, 0.05) is 61.9 Å². The summed E-state index contributed by atoms with van der Waals surface area (Å²) in [6.07, 6.45) is 6.32. The van der Waals surface area contributed by atoms with Crippen LogP contribution in [-0.2, 0) is 0 Å². The van der Waals surface area contributed by atoms with Crippen LogP contribution in [0.2, 0.25) is 0 Å². The Morgan fingerprint density at radius 3 is 2.84 bits per heavy atom. The first kappa shape index (κ1) is 20.4. The number of benzene rings is 2. The number of aromatic nitrogens is 2. The highest BCUT2D eigenvalue weighted by Gasteiger charge is 2.42. The third-order valence-corrected chi connectivity index (χ3v) is 6.32. The zero-order valence-corrected chi connectivity index (χ0v) is 17.6. The maximum Gasteiger partial charge on any atom is 0.257 e. The number of hydrogen-bond donors (Lipinski definition) is 1. The second kappa shape index (κ2) is 8.18. The summed E-state index contributed by atoms with van der Waals surface area (Å²) in [4.78, 5) is 21.2. The first-order valence-electron chi connectivity index (χ1n) is 10.6. The lowest BCUT2D eigenvalue weighted by Crippen LogP contribution is -2.44. The summed E-state index contributed by atoms with van der Waals surface area (Å²) in [6.45, 7) is 1.97. The van der Waals surface area contributed by atoms with E-state index in [0.717, 1.165) is 41.4 Å². The van der Waals surface area contributed by atoms with Crippen molar-refractivity contribution >= 4 is 17.8 Å². The normalized spacial score (nSPS) is 20.3. The Morgan fingerprint density at radius 1 is 1.19 bits per heavy atom. The van der Waals surface area contributed by atoms with Crippen molar-refractivity contribution in [2.24, 2.45) is 10.9 Å². The molecular formula is C24H23F2N5O. The molecular weight excluding hydrogens is 412 g/mol. The van der Waals surface area contributed by atoms with Crippen LogP contribution in [0.1, 0.15) is 22.3 Å². The minimum atomic E-state index is -1.08. The number of hydrogen-bond acceptors (Lipinski definition) is 4. The minimum Gasteiger partial charge on any atom is -0.369 e. The molecule has 3 aromatic rings. The number of amides is 1. The predicted molar refractivity (Wildman–Crippen MR) is 119 cm³/mol. The van der Waals surface area contributed by atoms with E-state index in [9.17, 15) is 13.6 Å². The fourth-order valence-electron chi connectivity index (χ4n) is 4.90. The van der Waals surface area contributed by atoms with Crippen molar-refractivity contribution in [1.82, 2.24) is 15.1 Å². The fraction of sp³-hybridized carbons (Fsp3) is 0.292. The molecule has 0 unspecified atom stereocenters. The van der Waals surface area contributed by atoms with Crippen LogP contribution in [0.5, 0.6) is 0 Å². The molecule has 8 heteroatoms. The molecule has 0 radical (unpaired) electrons. The molecule has 2 bridgehead atoms. The summed E-state index contributed by atoms with van der Waals surface area (Å²) in [5.41, 5.74) is 3.86. The van der Waals surface area contributed by atoms with Crippen molar-refractivity contribution in [3.8, 4) is 11.1 Å². The van der Waals surface area contributed by atoms with E-state index in [1.54, 1.807) is 18.1 Å². The van der Waals surface area contributed by atoms with Crippen molar-refractivity contribution in [1.29, 1.82) is 0 Å².